The van der Waals surface area contributed by atoms with Crippen LogP contribution >= 0.6 is 27.5 Å². The summed E-state index contributed by atoms with van der Waals surface area (Å²) < 4.78 is 14.4. The lowest BCUT2D eigenvalue weighted by atomic mass is 9.96. The number of halogens is 3. The molecule has 30 heavy (non-hydrogen) atoms. The van der Waals surface area contributed by atoms with Gasteiger partial charge in [-0.25, -0.2) is 4.39 Å². The second-order valence-corrected chi connectivity index (χ2v) is 8.16. The molecular weight excluding hydrogens is 477 g/mol. The number of benzene rings is 2. The molecule has 152 valence electrons. The fourth-order valence-corrected chi connectivity index (χ4v) is 4.16. The van der Waals surface area contributed by atoms with Crippen molar-refractivity contribution in [3.63, 3.8) is 0 Å². The van der Waals surface area contributed by atoms with Gasteiger partial charge < -0.3 is 15.6 Å². The minimum absolute atomic E-state index is 0.279. The lowest BCUT2D eigenvalue weighted by Crippen LogP contribution is -2.21. The number of rotatable bonds is 3. The van der Waals surface area contributed by atoms with Gasteiger partial charge in [-0.05, 0) is 42.8 Å². The Morgan fingerprint density at radius 1 is 1.20 bits per heavy atom. The third-order valence-corrected chi connectivity index (χ3v) is 5.65. The molecule has 0 fully saturated rings. The molecule has 0 bridgehead atoms. The molecule has 9 heteroatoms. The van der Waals surface area contributed by atoms with Gasteiger partial charge in [0.25, 0.3) is 11.8 Å². The van der Waals surface area contributed by atoms with Gasteiger partial charge in [-0.1, -0.05) is 27.5 Å². The summed E-state index contributed by atoms with van der Waals surface area (Å²) in [5.74, 6) is -1.33. The van der Waals surface area contributed by atoms with Crippen LogP contribution in [0.15, 0.2) is 51.9 Å². The first-order valence-corrected chi connectivity index (χ1v) is 10.0. The summed E-state index contributed by atoms with van der Waals surface area (Å²) in [6.07, 6.45) is 1.33. The quantitative estimate of drug-likeness (QED) is 0.511. The summed E-state index contributed by atoms with van der Waals surface area (Å²) >= 11 is 9.61. The van der Waals surface area contributed by atoms with Crippen LogP contribution in [0.2, 0.25) is 5.02 Å². The maximum absolute atomic E-state index is 13.9. The molecule has 6 nitrogen and oxygen atoms in total. The Morgan fingerprint density at radius 3 is 2.70 bits per heavy atom. The molecule has 0 radical (unpaired) electrons. The van der Waals surface area contributed by atoms with E-state index < -0.39 is 17.8 Å². The molecule has 3 aromatic rings. The van der Waals surface area contributed by atoms with Gasteiger partial charge in [0.1, 0.15) is 5.82 Å². The van der Waals surface area contributed by atoms with E-state index in [0.717, 1.165) is 0 Å². The first-order valence-electron chi connectivity index (χ1n) is 8.84. The Balaban J connectivity index is 1.82. The Bertz CT molecular complexity index is 1270. The lowest BCUT2D eigenvalue weighted by Gasteiger charge is -2.18. The van der Waals surface area contributed by atoms with Crippen LogP contribution in [0.1, 0.15) is 43.4 Å². The van der Waals surface area contributed by atoms with Crippen molar-refractivity contribution in [2.75, 3.05) is 5.32 Å². The molecular formula is C21H14BrClFN3O3. The molecule has 1 aromatic heterocycles. The number of H-pyrrole nitrogens is 1. The van der Waals surface area contributed by atoms with Gasteiger partial charge >= 0.3 is 0 Å². The summed E-state index contributed by atoms with van der Waals surface area (Å²) in [6.45, 7) is 1.65. The number of hydrogen-bond donors (Lipinski definition) is 3. The van der Waals surface area contributed by atoms with Crippen LogP contribution < -0.4 is 16.2 Å². The summed E-state index contributed by atoms with van der Waals surface area (Å²) in [6, 6.07) is 7.75. The number of fused-ring (bicyclic) bond motifs is 1. The van der Waals surface area contributed by atoms with E-state index >= 15 is 0 Å². The fraction of sp³-hybridized carbons (Fsp3) is 0.0952. The van der Waals surface area contributed by atoms with Gasteiger partial charge in [0.15, 0.2) is 0 Å². The predicted molar refractivity (Wildman–Crippen MR) is 115 cm³/mol. The van der Waals surface area contributed by atoms with Crippen LogP contribution in [0.3, 0.4) is 0 Å². The minimum atomic E-state index is -0.740. The standard InChI is InChI=1S/C21H14BrClFN3O3/c1-9-4-17(28)25-8-14(9)21(30)26-16-6-10(22)5-13-18(16)19(27-20(13)29)12-7-11(24)2-3-15(12)23/h2-8,19H,1H3,(H,25,28)(H,26,30)(H,27,29). The van der Waals surface area contributed by atoms with Crippen LogP contribution in [-0.4, -0.2) is 16.8 Å². The van der Waals surface area contributed by atoms with Crippen LogP contribution in [0.4, 0.5) is 10.1 Å². The normalized spacial score (nSPS) is 14.9. The van der Waals surface area contributed by atoms with Crippen LogP contribution in [0.5, 0.6) is 0 Å². The van der Waals surface area contributed by atoms with Gasteiger partial charge in [-0.15, -0.1) is 0 Å². The molecule has 0 saturated heterocycles. The number of pyridine rings is 1. The molecule has 3 N–H and O–H groups in total. The van der Waals surface area contributed by atoms with Crippen molar-refractivity contribution >= 4 is 45.0 Å². The van der Waals surface area contributed by atoms with E-state index in [4.69, 9.17) is 11.6 Å². The Kier molecular flexibility index (Phi) is 5.21. The van der Waals surface area contributed by atoms with E-state index in [1.54, 1.807) is 19.1 Å². The molecule has 1 aliphatic heterocycles. The van der Waals surface area contributed by atoms with E-state index in [1.807, 2.05) is 0 Å². The largest absolute Gasteiger partial charge is 0.341 e. The van der Waals surface area contributed by atoms with Crippen molar-refractivity contribution < 1.29 is 14.0 Å². The summed E-state index contributed by atoms with van der Waals surface area (Å²) in [5, 5.41) is 5.87. The molecule has 0 spiro atoms. The van der Waals surface area contributed by atoms with E-state index in [-0.39, 0.29) is 22.1 Å². The maximum atomic E-state index is 13.9. The number of nitrogens with one attached hydrogen (secondary N) is 3. The third-order valence-electron chi connectivity index (χ3n) is 4.85. The molecule has 0 aliphatic carbocycles. The Morgan fingerprint density at radius 2 is 1.97 bits per heavy atom. The zero-order chi connectivity index (χ0) is 21.6. The van der Waals surface area contributed by atoms with Crippen molar-refractivity contribution in [2.45, 2.75) is 13.0 Å². The average Bonchev–Trinajstić information content (AvgIpc) is 3.00. The number of aryl methyl sites for hydroxylation is 1. The molecule has 1 unspecified atom stereocenters. The van der Waals surface area contributed by atoms with Gasteiger partial charge in [0, 0.05) is 44.1 Å². The number of amides is 2. The number of hydrogen-bond acceptors (Lipinski definition) is 3. The van der Waals surface area contributed by atoms with Gasteiger partial charge in [-0.2, -0.15) is 0 Å². The van der Waals surface area contributed by atoms with E-state index in [1.165, 1.54) is 30.5 Å². The fourth-order valence-electron chi connectivity index (χ4n) is 3.48. The highest BCUT2D eigenvalue weighted by atomic mass is 79.9. The van der Waals surface area contributed by atoms with E-state index in [2.05, 4.69) is 31.5 Å². The zero-order valence-corrected chi connectivity index (χ0v) is 17.8. The van der Waals surface area contributed by atoms with Crippen molar-refractivity contribution in [2.24, 2.45) is 0 Å². The van der Waals surface area contributed by atoms with Crippen molar-refractivity contribution in [1.29, 1.82) is 0 Å². The highest BCUT2D eigenvalue weighted by Crippen LogP contribution is 2.41. The lowest BCUT2D eigenvalue weighted by molar-refractivity contribution is 0.0959. The molecule has 2 aromatic carbocycles. The van der Waals surface area contributed by atoms with Crippen molar-refractivity contribution in [1.82, 2.24) is 10.3 Å². The molecule has 2 amide bonds. The SMILES string of the molecule is Cc1cc(=O)[nH]cc1C(=O)Nc1cc(Br)cc2c1C(c1cc(F)ccc1Cl)NC2=O. The number of carbonyl (C=O) groups is 2. The van der Waals surface area contributed by atoms with E-state index in [9.17, 15) is 18.8 Å². The van der Waals surface area contributed by atoms with Crippen molar-refractivity contribution in [3.05, 3.63) is 96.1 Å². The van der Waals surface area contributed by atoms with Gasteiger partial charge in [0.05, 0.1) is 11.6 Å². The molecule has 4 rings (SSSR count). The highest BCUT2D eigenvalue weighted by Gasteiger charge is 2.34. The average molecular weight is 491 g/mol. The van der Waals surface area contributed by atoms with Crippen LogP contribution in [-0.2, 0) is 0 Å². The summed E-state index contributed by atoms with van der Waals surface area (Å²) in [5.41, 5.74) is 2.01. The summed E-state index contributed by atoms with van der Waals surface area (Å²) in [7, 11) is 0. The first kappa shape index (κ1) is 20.3. The molecule has 1 atom stereocenters. The number of carbonyl (C=O) groups excluding carboxylic acids is 2. The number of aromatic amines is 1. The smallest absolute Gasteiger partial charge is 0.257 e. The maximum Gasteiger partial charge on any atom is 0.257 e. The number of anilines is 1. The van der Waals surface area contributed by atoms with E-state index in [0.29, 0.717) is 32.4 Å². The first-order chi connectivity index (χ1) is 14.2. The highest BCUT2D eigenvalue weighted by molar-refractivity contribution is 9.10. The monoisotopic (exact) mass is 489 g/mol. The molecule has 0 saturated carbocycles. The Labute approximate surface area is 183 Å². The Hall–Kier alpha value is -2.97. The minimum Gasteiger partial charge on any atom is -0.341 e. The molecule has 1 aliphatic rings. The van der Waals surface area contributed by atoms with Gasteiger partial charge in [-0.3, -0.25) is 14.4 Å². The topological polar surface area (TPSA) is 91.1 Å². The van der Waals surface area contributed by atoms with Gasteiger partial charge in [0.2, 0.25) is 5.56 Å². The summed E-state index contributed by atoms with van der Waals surface area (Å²) in [4.78, 5) is 39.3. The second kappa shape index (κ2) is 7.70. The van der Waals surface area contributed by atoms with Crippen LogP contribution in [0.25, 0.3) is 0 Å². The zero-order valence-electron chi connectivity index (χ0n) is 15.5. The second-order valence-electron chi connectivity index (χ2n) is 6.83. The van der Waals surface area contributed by atoms with Crippen LogP contribution in [0, 0.1) is 12.7 Å². The number of aromatic nitrogens is 1. The molecule has 2 heterocycles. The third kappa shape index (κ3) is 3.64. The van der Waals surface area contributed by atoms with Crippen molar-refractivity contribution in [3.8, 4) is 0 Å². The predicted octanol–water partition coefficient (Wildman–Crippen LogP) is 4.32.